The number of anilines is 1. The molecule has 0 aromatic heterocycles. The Balaban J connectivity index is 1.95. The van der Waals surface area contributed by atoms with Gasteiger partial charge in [-0.05, 0) is 30.9 Å². The largest absolute Gasteiger partial charge is 0.507 e. The summed E-state index contributed by atoms with van der Waals surface area (Å²) in [7, 11) is 1.41. The van der Waals surface area contributed by atoms with Crippen molar-refractivity contribution in [2.45, 2.75) is 19.3 Å². The number of nitrogen functional groups attached to an aromatic ring is 1. The van der Waals surface area contributed by atoms with Crippen molar-refractivity contribution < 1.29 is 29.3 Å². The SMILES string of the molecule is COc1cccc2c1C(=O)c1c(N)c3c(c(O)c1C2=O)CC(C(=O)CO)CC3. The first-order chi connectivity index (χ1) is 13.4. The van der Waals surface area contributed by atoms with Gasteiger partial charge in [-0.2, -0.15) is 0 Å². The smallest absolute Gasteiger partial charge is 0.200 e. The molecule has 0 fully saturated rings. The first-order valence-corrected chi connectivity index (χ1v) is 8.96. The molecule has 2 aliphatic rings. The zero-order valence-corrected chi connectivity index (χ0v) is 15.2. The molecule has 2 aromatic carbocycles. The number of fused-ring (bicyclic) bond motifs is 3. The van der Waals surface area contributed by atoms with Gasteiger partial charge in [-0.25, -0.2) is 0 Å². The summed E-state index contributed by atoms with van der Waals surface area (Å²) in [6.07, 6.45) is 1.00. The van der Waals surface area contributed by atoms with Gasteiger partial charge in [0.2, 0.25) is 0 Å². The van der Waals surface area contributed by atoms with Crippen molar-refractivity contribution in [3.8, 4) is 11.5 Å². The van der Waals surface area contributed by atoms with E-state index < -0.39 is 24.1 Å². The highest BCUT2D eigenvalue weighted by molar-refractivity contribution is 6.32. The van der Waals surface area contributed by atoms with Crippen LogP contribution in [0.2, 0.25) is 0 Å². The number of carbonyl (C=O) groups excluding carboxylic acids is 3. The summed E-state index contributed by atoms with van der Waals surface area (Å²) in [4.78, 5) is 38.2. The third-order valence-corrected chi connectivity index (χ3v) is 5.71. The van der Waals surface area contributed by atoms with Crippen molar-refractivity contribution in [1.82, 2.24) is 0 Å². The Labute approximate surface area is 160 Å². The van der Waals surface area contributed by atoms with Gasteiger partial charge >= 0.3 is 0 Å². The lowest BCUT2D eigenvalue weighted by Gasteiger charge is -2.30. The van der Waals surface area contributed by atoms with Gasteiger partial charge in [-0.1, -0.05) is 12.1 Å². The van der Waals surface area contributed by atoms with Crippen molar-refractivity contribution in [2.75, 3.05) is 19.5 Å². The van der Waals surface area contributed by atoms with Crippen LogP contribution in [0.5, 0.6) is 11.5 Å². The molecule has 2 aromatic rings. The van der Waals surface area contributed by atoms with E-state index in [-0.39, 0.29) is 51.6 Å². The molecule has 0 aliphatic heterocycles. The van der Waals surface area contributed by atoms with Crippen LogP contribution in [0.3, 0.4) is 0 Å². The third kappa shape index (κ3) is 2.36. The van der Waals surface area contributed by atoms with Crippen LogP contribution < -0.4 is 10.5 Å². The molecule has 1 unspecified atom stereocenters. The summed E-state index contributed by atoms with van der Waals surface area (Å²) in [6, 6.07) is 4.70. The van der Waals surface area contributed by atoms with Gasteiger partial charge in [-0.3, -0.25) is 14.4 Å². The van der Waals surface area contributed by atoms with Gasteiger partial charge in [0.1, 0.15) is 18.1 Å². The maximum absolute atomic E-state index is 13.2. The van der Waals surface area contributed by atoms with Crippen LogP contribution in [0.4, 0.5) is 5.69 Å². The number of rotatable bonds is 3. The molecule has 144 valence electrons. The normalized spacial score (nSPS) is 17.6. The van der Waals surface area contributed by atoms with Gasteiger partial charge in [0.25, 0.3) is 0 Å². The predicted molar refractivity (Wildman–Crippen MR) is 100.0 cm³/mol. The van der Waals surface area contributed by atoms with Crippen LogP contribution in [-0.2, 0) is 17.6 Å². The van der Waals surface area contributed by atoms with Crippen LogP contribution in [0.15, 0.2) is 18.2 Å². The summed E-state index contributed by atoms with van der Waals surface area (Å²) < 4.78 is 5.24. The molecule has 0 heterocycles. The Morgan fingerprint density at radius 1 is 1.18 bits per heavy atom. The number of hydrogen-bond acceptors (Lipinski definition) is 7. The van der Waals surface area contributed by atoms with E-state index in [1.165, 1.54) is 13.2 Å². The van der Waals surface area contributed by atoms with Crippen LogP contribution in [0, 0.1) is 5.92 Å². The Morgan fingerprint density at radius 2 is 1.93 bits per heavy atom. The number of Topliss-reactive ketones (excluding diaryl/α,β-unsaturated/α-hetero) is 1. The Hall–Kier alpha value is -3.19. The van der Waals surface area contributed by atoms with Crippen molar-refractivity contribution in [1.29, 1.82) is 0 Å². The summed E-state index contributed by atoms with van der Waals surface area (Å²) in [5.74, 6) is -1.79. The quantitative estimate of drug-likeness (QED) is 0.462. The van der Waals surface area contributed by atoms with Crippen molar-refractivity contribution in [3.05, 3.63) is 51.6 Å². The molecular formula is C21H19NO6. The number of aliphatic hydroxyl groups is 1. The van der Waals surface area contributed by atoms with E-state index in [4.69, 9.17) is 15.6 Å². The summed E-state index contributed by atoms with van der Waals surface area (Å²) in [5.41, 5.74) is 7.58. The minimum absolute atomic E-state index is 0.00909. The molecule has 0 radical (unpaired) electrons. The zero-order chi connectivity index (χ0) is 20.2. The maximum Gasteiger partial charge on any atom is 0.200 e. The lowest BCUT2D eigenvalue weighted by atomic mass is 9.74. The molecule has 4 rings (SSSR count). The first-order valence-electron chi connectivity index (χ1n) is 8.96. The number of ketones is 3. The number of aromatic hydroxyl groups is 1. The molecule has 7 heteroatoms. The minimum Gasteiger partial charge on any atom is -0.507 e. The van der Waals surface area contributed by atoms with Crippen LogP contribution >= 0.6 is 0 Å². The van der Waals surface area contributed by atoms with Gasteiger partial charge < -0.3 is 20.7 Å². The Morgan fingerprint density at radius 3 is 2.61 bits per heavy atom. The fourth-order valence-corrected chi connectivity index (χ4v) is 4.28. The van der Waals surface area contributed by atoms with E-state index in [1.54, 1.807) is 12.1 Å². The van der Waals surface area contributed by atoms with E-state index in [2.05, 4.69) is 0 Å². The number of hydrogen-bond donors (Lipinski definition) is 3. The second-order valence-electron chi connectivity index (χ2n) is 7.07. The molecule has 0 amide bonds. The highest BCUT2D eigenvalue weighted by Crippen LogP contribution is 2.45. The van der Waals surface area contributed by atoms with Crippen LogP contribution in [-0.4, -0.2) is 41.3 Å². The third-order valence-electron chi connectivity index (χ3n) is 5.71. The molecule has 4 N–H and O–H groups in total. The maximum atomic E-state index is 13.2. The topological polar surface area (TPSA) is 127 Å². The standard InChI is InChI=1S/C21H19NO6/c1-28-14-4-2-3-11-15(14)21(27)16-17(19(11)25)20(26)12-7-9(13(24)8-23)5-6-10(12)18(16)22/h2-4,9,23,26H,5-8,22H2,1H3. The molecule has 0 spiro atoms. The second-order valence-corrected chi connectivity index (χ2v) is 7.07. The first kappa shape index (κ1) is 18.2. The average Bonchev–Trinajstić information content (AvgIpc) is 2.72. The van der Waals surface area contributed by atoms with Crippen LogP contribution in [0.1, 0.15) is 49.4 Å². The molecule has 0 saturated carbocycles. The highest BCUT2D eigenvalue weighted by Gasteiger charge is 2.40. The van der Waals surface area contributed by atoms with E-state index >= 15 is 0 Å². The molecule has 1 atom stereocenters. The van der Waals surface area contributed by atoms with E-state index in [9.17, 15) is 19.5 Å². The second kappa shape index (κ2) is 6.45. The number of benzene rings is 2. The van der Waals surface area contributed by atoms with Gasteiger partial charge in [0.05, 0.1) is 23.8 Å². The lowest BCUT2D eigenvalue weighted by molar-refractivity contribution is -0.125. The molecule has 2 aliphatic carbocycles. The zero-order valence-electron chi connectivity index (χ0n) is 15.2. The molecular weight excluding hydrogens is 362 g/mol. The fourth-order valence-electron chi connectivity index (χ4n) is 4.28. The van der Waals surface area contributed by atoms with Crippen molar-refractivity contribution >= 4 is 23.0 Å². The number of ether oxygens (including phenoxy) is 1. The van der Waals surface area contributed by atoms with E-state index in [1.807, 2.05) is 0 Å². The van der Waals surface area contributed by atoms with E-state index in [0.29, 0.717) is 24.0 Å². The van der Waals surface area contributed by atoms with Crippen LogP contribution in [0.25, 0.3) is 0 Å². The molecule has 28 heavy (non-hydrogen) atoms. The number of phenols is 1. The van der Waals surface area contributed by atoms with Crippen molar-refractivity contribution in [2.24, 2.45) is 5.92 Å². The summed E-state index contributed by atoms with van der Waals surface area (Å²) >= 11 is 0. The minimum atomic E-state index is -0.578. The van der Waals surface area contributed by atoms with Gasteiger partial charge in [-0.15, -0.1) is 0 Å². The predicted octanol–water partition coefficient (Wildman–Crippen LogP) is 1.42. The Bertz CT molecular complexity index is 1060. The van der Waals surface area contributed by atoms with Crippen molar-refractivity contribution in [3.63, 3.8) is 0 Å². The highest BCUT2D eigenvalue weighted by atomic mass is 16.5. The Kier molecular flexibility index (Phi) is 4.19. The summed E-state index contributed by atoms with van der Waals surface area (Å²) in [5, 5.41) is 20.0. The average molecular weight is 381 g/mol. The number of carbonyl (C=O) groups is 3. The number of methoxy groups -OCH3 is 1. The van der Waals surface area contributed by atoms with E-state index in [0.717, 1.165) is 0 Å². The number of aliphatic hydroxyl groups excluding tert-OH is 1. The summed E-state index contributed by atoms with van der Waals surface area (Å²) in [6.45, 7) is -0.578. The van der Waals surface area contributed by atoms with Gasteiger partial charge in [0.15, 0.2) is 17.3 Å². The van der Waals surface area contributed by atoms with Gasteiger partial charge in [0, 0.05) is 22.7 Å². The number of nitrogens with two attached hydrogens (primary N) is 1. The number of phenolic OH excluding ortho intramolecular Hbond substituents is 1. The monoisotopic (exact) mass is 381 g/mol. The molecule has 7 nitrogen and oxygen atoms in total. The molecule has 0 saturated heterocycles. The lowest BCUT2D eigenvalue weighted by Crippen LogP contribution is -2.29. The molecule has 0 bridgehead atoms. The fraction of sp³-hybridized carbons (Fsp3) is 0.286.